The minimum absolute atomic E-state index is 0.107. The highest BCUT2D eigenvalue weighted by Crippen LogP contribution is 2.16. The third-order valence-corrected chi connectivity index (χ3v) is 3.91. The van der Waals surface area contributed by atoms with E-state index in [1.165, 1.54) is 20.0 Å². The predicted octanol–water partition coefficient (Wildman–Crippen LogP) is 1.14. The van der Waals surface area contributed by atoms with Crippen molar-refractivity contribution in [3.05, 3.63) is 40.1 Å². The maximum absolute atomic E-state index is 10.7. The largest absolute Gasteiger partial charge is 0.490 e. The number of amides is 2. The maximum Gasteiger partial charge on any atom is 0.490 e. The van der Waals surface area contributed by atoms with Gasteiger partial charge in [0.05, 0.1) is 0 Å². The first-order valence-electron chi connectivity index (χ1n) is 7.60. The highest BCUT2D eigenvalue weighted by Gasteiger charge is 2.14. The number of hydrogen-bond donors (Lipinski definition) is 4. The number of halogens is 1. The van der Waals surface area contributed by atoms with Crippen LogP contribution in [0.1, 0.15) is 25.0 Å². The fourth-order valence-corrected chi connectivity index (χ4v) is 2.09. The first-order valence-corrected chi connectivity index (χ1v) is 8.39. The van der Waals surface area contributed by atoms with E-state index in [4.69, 9.17) is 10.0 Å². The molecule has 2 amide bonds. The number of aromatic nitrogens is 2. The number of hydrogen-bond acceptors (Lipinski definition) is 6. The van der Waals surface area contributed by atoms with Crippen LogP contribution in [0.15, 0.2) is 29.0 Å². The summed E-state index contributed by atoms with van der Waals surface area (Å²) in [6.07, 6.45) is 2.99. The van der Waals surface area contributed by atoms with Gasteiger partial charge in [-0.25, -0.2) is 9.97 Å². The highest BCUT2D eigenvalue weighted by molar-refractivity contribution is 9.10. The van der Waals surface area contributed by atoms with Crippen LogP contribution in [0.25, 0.3) is 0 Å². The van der Waals surface area contributed by atoms with Gasteiger partial charge in [-0.15, -0.1) is 0 Å². The van der Waals surface area contributed by atoms with Gasteiger partial charge in [0.1, 0.15) is 11.6 Å². The molecule has 0 saturated carbocycles. The first-order chi connectivity index (χ1) is 12.1. The van der Waals surface area contributed by atoms with Crippen molar-refractivity contribution < 1.29 is 19.6 Å². The lowest BCUT2D eigenvalue weighted by atomic mass is 9.79. The highest BCUT2D eigenvalue weighted by atomic mass is 79.9. The molecule has 138 valence electrons. The molecule has 4 N–H and O–H groups in total. The summed E-state index contributed by atoms with van der Waals surface area (Å²) in [5.41, 5.74) is 2.05. The van der Waals surface area contributed by atoms with E-state index < -0.39 is 7.12 Å². The van der Waals surface area contributed by atoms with Crippen molar-refractivity contribution in [3.8, 4) is 0 Å². The Hall–Kier alpha value is -2.30. The van der Waals surface area contributed by atoms with Crippen LogP contribution in [0.4, 0.5) is 11.6 Å². The zero-order valence-corrected chi connectivity index (χ0v) is 16.5. The van der Waals surface area contributed by atoms with Crippen molar-refractivity contribution >= 4 is 52.0 Å². The molecule has 2 heterocycles. The van der Waals surface area contributed by atoms with Crippen molar-refractivity contribution in [2.75, 3.05) is 10.6 Å². The molecule has 0 bridgehead atoms. The number of nitrogens with one attached hydrogen (secondary N) is 2. The average molecular weight is 423 g/mol. The Kier molecular flexibility index (Phi) is 8.36. The second kappa shape index (κ2) is 10.0. The third kappa shape index (κ3) is 7.30. The molecule has 2 rings (SSSR count). The monoisotopic (exact) mass is 422 g/mol. The molecule has 26 heavy (non-hydrogen) atoms. The lowest BCUT2D eigenvalue weighted by Crippen LogP contribution is -2.32. The summed E-state index contributed by atoms with van der Waals surface area (Å²) in [6.45, 7) is 6.49. The van der Waals surface area contributed by atoms with Gasteiger partial charge in [-0.3, -0.25) is 9.59 Å². The number of carbonyl (C=O) groups excluding carboxylic acids is 2. The molecule has 0 aliphatic carbocycles. The average Bonchev–Trinajstić information content (AvgIpc) is 2.50. The van der Waals surface area contributed by atoms with Crippen LogP contribution in [0, 0.1) is 13.8 Å². The fourth-order valence-electron chi connectivity index (χ4n) is 1.87. The van der Waals surface area contributed by atoms with Gasteiger partial charge in [0, 0.05) is 36.2 Å². The molecule has 0 saturated heterocycles. The number of pyridine rings is 2. The van der Waals surface area contributed by atoms with E-state index in [9.17, 15) is 9.59 Å². The Bertz CT molecular complexity index is 802. The molecule has 10 heteroatoms. The summed E-state index contributed by atoms with van der Waals surface area (Å²) in [4.78, 5) is 29.2. The number of anilines is 2. The maximum atomic E-state index is 10.7. The first kappa shape index (κ1) is 21.7. The second-order valence-corrected chi connectivity index (χ2v) is 6.34. The number of carbonyl (C=O) groups is 2. The van der Waals surface area contributed by atoms with E-state index in [2.05, 4.69) is 36.5 Å². The van der Waals surface area contributed by atoms with E-state index in [-0.39, 0.29) is 11.8 Å². The van der Waals surface area contributed by atoms with Gasteiger partial charge < -0.3 is 20.7 Å². The number of nitrogens with zero attached hydrogens (tertiary/aromatic N) is 2. The normalized spacial score (nSPS) is 9.65. The number of aryl methyl sites for hydroxylation is 2. The molecular formula is C16H20BBrN4O4. The minimum atomic E-state index is -1.53. The van der Waals surface area contributed by atoms with Gasteiger partial charge in [-0.1, -0.05) is 0 Å². The molecule has 0 aliphatic heterocycles. The summed E-state index contributed by atoms with van der Waals surface area (Å²) in [5.74, 6) is 0.668. The Labute approximate surface area is 160 Å². The van der Waals surface area contributed by atoms with Crippen LogP contribution in [0.3, 0.4) is 0 Å². The van der Waals surface area contributed by atoms with Crippen molar-refractivity contribution in [1.29, 1.82) is 0 Å². The summed E-state index contributed by atoms with van der Waals surface area (Å²) in [6, 6.07) is 3.39. The summed E-state index contributed by atoms with van der Waals surface area (Å²) < 4.78 is 0.941. The molecule has 0 unspecified atom stereocenters. The fraction of sp³-hybridized carbons (Fsp3) is 0.250. The zero-order chi connectivity index (χ0) is 19.9. The molecular weight excluding hydrogens is 403 g/mol. The molecule has 0 radical (unpaired) electrons. The van der Waals surface area contributed by atoms with Gasteiger partial charge in [0.25, 0.3) is 0 Å². The van der Waals surface area contributed by atoms with Crippen molar-refractivity contribution in [1.82, 2.24) is 9.97 Å². The molecule has 0 fully saturated rings. The van der Waals surface area contributed by atoms with Crippen LogP contribution in [-0.2, 0) is 9.59 Å². The van der Waals surface area contributed by atoms with E-state index in [1.54, 1.807) is 19.2 Å². The van der Waals surface area contributed by atoms with Gasteiger partial charge in [-0.2, -0.15) is 0 Å². The van der Waals surface area contributed by atoms with Crippen LogP contribution in [0.5, 0.6) is 0 Å². The molecule has 0 aliphatic rings. The van der Waals surface area contributed by atoms with Gasteiger partial charge in [-0.05, 0) is 53.0 Å². The summed E-state index contributed by atoms with van der Waals surface area (Å²) in [5, 5.41) is 22.9. The standard InChI is InChI=1S/C8H11BN2O3.C8H9BrN2O/c1-5-3-8(11-6(2)12)10-4-7(5)9(13)14;1-5-3-8(11-6(2)12)10-4-7(5)9/h3-4,13-14H,1-2H3,(H,10,11,12);3-4H,1-2H3,(H,10,11,12). The summed E-state index contributed by atoms with van der Waals surface area (Å²) in [7, 11) is -1.53. The quantitative estimate of drug-likeness (QED) is 0.549. The lowest BCUT2D eigenvalue weighted by molar-refractivity contribution is -0.115. The SMILES string of the molecule is CC(=O)Nc1cc(C)c(B(O)O)cn1.CC(=O)Nc1cc(C)c(Br)cn1. The molecule has 0 atom stereocenters. The van der Waals surface area contributed by atoms with E-state index in [0.717, 1.165) is 10.0 Å². The predicted molar refractivity (Wildman–Crippen MR) is 104 cm³/mol. The molecule has 2 aromatic rings. The van der Waals surface area contributed by atoms with Crippen LogP contribution in [0.2, 0.25) is 0 Å². The van der Waals surface area contributed by atoms with E-state index in [0.29, 0.717) is 22.7 Å². The van der Waals surface area contributed by atoms with Crippen molar-refractivity contribution in [2.24, 2.45) is 0 Å². The van der Waals surface area contributed by atoms with Crippen LogP contribution < -0.4 is 16.1 Å². The molecule has 0 aromatic carbocycles. The van der Waals surface area contributed by atoms with Gasteiger partial charge in [0.15, 0.2) is 0 Å². The van der Waals surface area contributed by atoms with E-state index >= 15 is 0 Å². The van der Waals surface area contributed by atoms with Crippen LogP contribution in [-0.4, -0.2) is 38.9 Å². The molecule has 8 nitrogen and oxygen atoms in total. The molecule has 0 spiro atoms. The third-order valence-electron chi connectivity index (χ3n) is 3.08. The lowest BCUT2D eigenvalue weighted by Gasteiger charge is -2.06. The van der Waals surface area contributed by atoms with Gasteiger partial charge in [0.2, 0.25) is 11.8 Å². The van der Waals surface area contributed by atoms with Crippen LogP contribution >= 0.6 is 15.9 Å². The smallest absolute Gasteiger partial charge is 0.423 e. The topological polar surface area (TPSA) is 124 Å². The minimum Gasteiger partial charge on any atom is -0.423 e. The number of rotatable bonds is 3. The van der Waals surface area contributed by atoms with Crippen molar-refractivity contribution in [3.63, 3.8) is 0 Å². The Morgan fingerprint density at radius 2 is 1.42 bits per heavy atom. The Morgan fingerprint density at radius 3 is 1.81 bits per heavy atom. The molecule has 2 aromatic heterocycles. The Morgan fingerprint density at radius 1 is 0.962 bits per heavy atom. The van der Waals surface area contributed by atoms with Crippen molar-refractivity contribution in [2.45, 2.75) is 27.7 Å². The summed E-state index contributed by atoms with van der Waals surface area (Å²) >= 11 is 3.32. The Balaban J connectivity index is 0.000000263. The second-order valence-electron chi connectivity index (χ2n) is 5.48. The zero-order valence-electron chi connectivity index (χ0n) is 14.9. The van der Waals surface area contributed by atoms with E-state index in [1.807, 2.05) is 13.0 Å². The van der Waals surface area contributed by atoms with Gasteiger partial charge >= 0.3 is 7.12 Å².